The van der Waals surface area contributed by atoms with Crippen molar-refractivity contribution in [3.05, 3.63) is 59.7 Å². The van der Waals surface area contributed by atoms with E-state index < -0.39 is 5.97 Å². The highest BCUT2D eigenvalue weighted by molar-refractivity contribution is 5.79. The van der Waals surface area contributed by atoms with E-state index in [-0.39, 0.29) is 18.1 Å². The Balaban J connectivity index is 1.65. The highest BCUT2D eigenvalue weighted by Gasteiger charge is 2.33. The fraction of sp³-hybridized carbons (Fsp3) is 0.333. The van der Waals surface area contributed by atoms with E-state index in [4.69, 9.17) is 14.2 Å². The van der Waals surface area contributed by atoms with E-state index in [1.807, 2.05) is 36.4 Å². The molecule has 1 fully saturated rings. The number of hydrogen-bond acceptors (Lipinski definition) is 5. The van der Waals surface area contributed by atoms with Crippen molar-refractivity contribution in [3.8, 4) is 11.5 Å². The molecule has 2 aromatic carbocycles. The SMILES string of the molecule is COc1ccc(COC2CC(=O)NC2Cc2ccccc2)cc1OC(C)=O. The highest BCUT2D eigenvalue weighted by Crippen LogP contribution is 2.29. The largest absolute Gasteiger partial charge is 0.493 e. The molecule has 0 aromatic heterocycles. The van der Waals surface area contributed by atoms with Gasteiger partial charge in [0.1, 0.15) is 0 Å². The highest BCUT2D eigenvalue weighted by atomic mass is 16.6. The molecule has 142 valence electrons. The Morgan fingerprint density at radius 1 is 1.11 bits per heavy atom. The first-order valence-corrected chi connectivity index (χ1v) is 8.85. The fourth-order valence-corrected chi connectivity index (χ4v) is 3.16. The number of nitrogens with one attached hydrogen (secondary N) is 1. The minimum Gasteiger partial charge on any atom is -0.493 e. The average Bonchev–Trinajstić information content (AvgIpc) is 2.99. The van der Waals surface area contributed by atoms with Gasteiger partial charge in [-0.05, 0) is 29.7 Å². The van der Waals surface area contributed by atoms with E-state index in [1.165, 1.54) is 14.0 Å². The molecule has 1 N–H and O–H groups in total. The maximum absolute atomic E-state index is 11.9. The fourth-order valence-electron chi connectivity index (χ4n) is 3.16. The molecule has 0 radical (unpaired) electrons. The molecule has 0 bridgehead atoms. The zero-order valence-electron chi connectivity index (χ0n) is 15.4. The van der Waals surface area contributed by atoms with E-state index in [2.05, 4.69) is 5.32 Å². The summed E-state index contributed by atoms with van der Waals surface area (Å²) in [4.78, 5) is 23.1. The smallest absolute Gasteiger partial charge is 0.308 e. The first-order valence-electron chi connectivity index (χ1n) is 8.85. The molecule has 1 heterocycles. The Morgan fingerprint density at radius 2 is 1.89 bits per heavy atom. The van der Waals surface area contributed by atoms with Gasteiger partial charge in [0.05, 0.1) is 32.3 Å². The lowest BCUT2D eigenvalue weighted by Crippen LogP contribution is -2.35. The summed E-state index contributed by atoms with van der Waals surface area (Å²) < 4.78 is 16.4. The zero-order chi connectivity index (χ0) is 19.2. The third-order valence-corrected chi connectivity index (χ3v) is 4.43. The molecule has 1 saturated heterocycles. The van der Waals surface area contributed by atoms with E-state index in [0.717, 1.165) is 17.5 Å². The summed E-state index contributed by atoms with van der Waals surface area (Å²) in [6.45, 7) is 1.65. The quantitative estimate of drug-likeness (QED) is 0.600. The second-order valence-corrected chi connectivity index (χ2v) is 6.50. The lowest BCUT2D eigenvalue weighted by atomic mass is 10.0. The van der Waals surface area contributed by atoms with Gasteiger partial charge in [0.2, 0.25) is 5.91 Å². The van der Waals surface area contributed by atoms with Gasteiger partial charge < -0.3 is 19.5 Å². The van der Waals surface area contributed by atoms with Crippen LogP contribution in [0.15, 0.2) is 48.5 Å². The van der Waals surface area contributed by atoms with Crippen molar-refractivity contribution < 1.29 is 23.8 Å². The van der Waals surface area contributed by atoms with Gasteiger partial charge in [0.15, 0.2) is 11.5 Å². The minimum atomic E-state index is -0.417. The Morgan fingerprint density at radius 3 is 2.59 bits per heavy atom. The predicted octanol–water partition coefficient (Wildman–Crippen LogP) is 2.64. The Hall–Kier alpha value is -2.86. The van der Waals surface area contributed by atoms with Crippen LogP contribution >= 0.6 is 0 Å². The number of amides is 1. The minimum absolute atomic E-state index is 0.00346. The molecule has 2 atom stereocenters. The van der Waals surface area contributed by atoms with Gasteiger partial charge in [0.25, 0.3) is 0 Å². The van der Waals surface area contributed by atoms with Gasteiger partial charge in [-0.15, -0.1) is 0 Å². The van der Waals surface area contributed by atoms with Crippen LogP contribution in [0.3, 0.4) is 0 Å². The molecule has 3 rings (SSSR count). The molecule has 2 unspecified atom stereocenters. The summed E-state index contributed by atoms with van der Waals surface area (Å²) in [5.74, 6) is 0.414. The van der Waals surface area contributed by atoms with Crippen molar-refractivity contribution in [2.75, 3.05) is 7.11 Å². The molecule has 1 aliphatic heterocycles. The number of esters is 1. The van der Waals surface area contributed by atoms with Crippen LogP contribution in [0.2, 0.25) is 0 Å². The summed E-state index contributed by atoms with van der Waals surface area (Å²) in [6, 6.07) is 15.2. The number of methoxy groups -OCH3 is 1. The maximum atomic E-state index is 11.9. The molecular formula is C21H23NO5. The van der Waals surface area contributed by atoms with Gasteiger partial charge in [-0.25, -0.2) is 0 Å². The van der Waals surface area contributed by atoms with Crippen LogP contribution in [-0.4, -0.2) is 31.1 Å². The lowest BCUT2D eigenvalue weighted by molar-refractivity contribution is -0.132. The van der Waals surface area contributed by atoms with E-state index in [9.17, 15) is 9.59 Å². The second-order valence-electron chi connectivity index (χ2n) is 6.50. The van der Waals surface area contributed by atoms with Crippen LogP contribution in [0.4, 0.5) is 0 Å². The first-order chi connectivity index (χ1) is 13.0. The topological polar surface area (TPSA) is 73.9 Å². The first kappa shape index (κ1) is 18.9. The standard InChI is InChI=1S/C21H23NO5/c1-14(23)27-20-11-16(8-9-18(20)25-2)13-26-19-12-21(24)22-17(19)10-15-6-4-3-5-7-15/h3-9,11,17,19H,10,12-13H2,1-2H3,(H,22,24). The molecule has 1 aliphatic rings. The Bertz CT molecular complexity index is 805. The van der Waals surface area contributed by atoms with Crippen LogP contribution in [-0.2, 0) is 27.4 Å². The normalized spacial score (nSPS) is 18.8. The summed E-state index contributed by atoms with van der Waals surface area (Å²) in [6.07, 6.45) is 0.847. The Kier molecular flexibility index (Phi) is 6.08. The molecule has 0 spiro atoms. The number of rotatable bonds is 7. The van der Waals surface area contributed by atoms with Crippen molar-refractivity contribution in [3.63, 3.8) is 0 Å². The second kappa shape index (κ2) is 8.68. The van der Waals surface area contributed by atoms with Crippen molar-refractivity contribution in [1.82, 2.24) is 5.32 Å². The molecular weight excluding hydrogens is 346 g/mol. The molecule has 6 nitrogen and oxygen atoms in total. The van der Waals surface area contributed by atoms with Crippen LogP contribution < -0.4 is 14.8 Å². The van der Waals surface area contributed by atoms with Gasteiger partial charge >= 0.3 is 5.97 Å². The van der Waals surface area contributed by atoms with Gasteiger partial charge in [-0.3, -0.25) is 9.59 Å². The monoisotopic (exact) mass is 369 g/mol. The summed E-state index contributed by atoms with van der Waals surface area (Å²) in [5.41, 5.74) is 1.99. The zero-order valence-corrected chi connectivity index (χ0v) is 15.4. The maximum Gasteiger partial charge on any atom is 0.308 e. The predicted molar refractivity (Wildman–Crippen MR) is 99.6 cm³/mol. The van der Waals surface area contributed by atoms with Crippen LogP contribution in [0, 0.1) is 0 Å². The van der Waals surface area contributed by atoms with E-state index >= 15 is 0 Å². The van der Waals surface area contributed by atoms with E-state index in [0.29, 0.717) is 24.5 Å². The van der Waals surface area contributed by atoms with Crippen LogP contribution in [0.5, 0.6) is 11.5 Å². The number of carbonyl (C=O) groups excluding carboxylic acids is 2. The van der Waals surface area contributed by atoms with Crippen molar-refractivity contribution in [1.29, 1.82) is 0 Å². The number of carbonyl (C=O) groups is 2. The molecule has 27 heavy (non-hydrogen) atoms. The lowest BCUT2D eigenvalue weighted by Gasteiger charge is -2.20. The van der Waals surface area contributed by atoms with Crippen LogP contribution in [0.25, 0.3) is 0 Å². The summed E-state index contributed by atoms with van der Waals surface area (Å²) in [7, 11) is 1.52. The van der Waals surface area contributed by atoms with Crippen molar-refractivity contribution in [2.45, 2.75) is 38.5 Å². The molecule has 6 heteroatoms. The third kappa shape index (κ3) is 5.08. The van der Waals surface area contributed by atoms with Gasteiger partial charge in [-0.2, -0.15) is 0 Å². The average molecular weight is 369 g/mol. The van der Waals surface area contributed by atoms with E-state index in [1.54, 1.807) is 12.1 Å². The third-order valence-electron chi connectivity index (χ3n) is 4.43. The van der Waals surface area contributed by atoms with Gasteiger partial charge in [-0.1, -0.05) is 36.4 Å². The van der Waals surface area contributed by atoms with Crippen molar-refractivity contribution in [2.24, 2.45) is 0 Å². The molecule has 2 aromatic rings. The number of benzene rings is 2. The number of ether oxygens (including phenoxy) is 3. The molecule has 0 saturated carbocycles. The van der Waals surface area contributed by atoms with Gasteiger partial charge in [0, 0.05) is 6.92 Å². The number of hydrogen-bond donors (Lipinski definition) is 1. The van der Waals surface area contributed by atoms with Crippen LogP contribution in [0.1, 0.15) is 24.5 Å². The molecule has 0 aliphatic carbocycles. The summed E-state index contributed by atoms with van der Waals surface area (Å²) >= 11 is 0. The summed E-state index contributed by atoms with van der Waals surface area (Å²) in [5, 5.41) is 2.99. The Labute approximate surface area is 158 Å². The van der Waals surface area contributed by atoms with Crippen molar-refractivity contribution >= 4 is 11.9 Å². The molecule has 1 amide bonds.